The van der Waals surface area contributed by atoms with Gasteiger partial charge in [-0.15, -0.1) is 11.8 Å². The van der Waals surface area contributed by atoms with Gasteiger partial charge < -0.3 is 19.9 Å². The molecule has 1 N–H and O–H groups in total. The monoisotopic (exact) mass is 427 g/mol. The van der Waals surface area contributed by atoms with Crippen molar-refractivity contribution in [2.24, 2.45) is 0 Å². The van der Waals surface area contributed by atoms with Gasteiger partial charge in [-0.3, -0.25) is 9.59 Å². The van der Waals surface area contributed by atoms with E-state index in [1.807, 2.05) is 53.4 Å². The molecule has 3 rings (SSSR count). The summed E-state index contributed by atoms with van der Waals surface area (Å²) in [6.45, 7) is 3.82. The Morgan fingerprint density at radius 3 is 2.30 bits per heavy atom. The minimum Gasteiger partial charge on any atom is -0.497 e. The molecular weight excluding hydrogens is 398 g/mol. The number of hydrogen-bond acceptors (Lipinski definition) is 5. The van der Waals surface area contributed by atoms with Gasteiger partial charge in [-0.1, -0.05) is 12.1 Å². The molecule has 30 heavy (non-hydrogen) atoms. The standard InChI is InChI=1S/C23H29N3O3S/c1-25-12-14-26(15-13-25)23(28)19-5-3-18(4-6-19)17-24-22(27)11-16-30-21-9-7-20(29-2)8-10-21/h3-10H,11-17H2,1-2H3,(H,24,27). The maximum Gasteiger partial charge on any atom is 0.253 e. The van der Waals surface area contributed by atoms with Crippen LogP contribution in [0.4, 0.5) is 0 Å². The van der Waals surface area contributed by atoms with Gasteiger partial charge in [0.25, 0.3) is 5.91 Å². The molecule has 0 radical (unpaired) electrons. The minimum absolute atomic E-state index is 0.0219. The molecule has 1 heterocycles. The van der Waals surface area contributed by atoms with Gasteiger partial charge in [0.15, 0.2) is 0 Å². The third kappa shape index (κ3) is 6.50. The average molecular weight is 428 g/mol. The third-order valence-corrected chi connectivity index (χ3v) is 6.15. The molecule has 0 bridgehead atoms. The summed E-state index contributed by atoms with van der Waals surface area (Å²) in [6.07, 6.45) is 0.455. The number of carbonyl (C=O) groups is 2. The van der Waals surface area contributed by atoms with Crippen LogP contribution in [-0.4, -0.2) is 67.7 Å². The SMILES string of the molecule is COc1ccc(SCCC(=O)NCc2ccc(C(=O)N3CCN(C)CC3)cc2)cc1. The van der Waals surface area contributed by atoms with Crippen LogP contribution in [0.2, 0.25) is 0 Å². The minimum atomic E-state index is 0.0219. The molecule has 1 aliphatic heterocycles. The van der Waals surface area contributed by atoms with Crippen molar-refractivity contribution in [2.75, 3.05) is 46.1 Å². The van der Waals surface area contributed by atoms with Crippen LogP contribution >= 0.6 is 11.8 Å². The Bertz CT molecular complexity index is 832. The fourth-order valence-corrected chi connectivity index (χ4v) is 4.03. The summed E-state index contributed by atoms with van der Waals surface area (Å²) in [4.78, 5) is 29.9. The predicted octanol–water partition coefficient (Wildman–Crippen LogP) is 2.88. The first kappa shape index (κ1) is 22.2. The largest absolute Gasteiger partial charge is 0.497 e. The second-order valence-corrected chi connectivity index (χ2v) is 8.51. The van der Waals surface area contributed by atoms with Crippen molar-refractivity contribution in [3.63, 3.8) is 0 Å². The molecule has 2 aromatic carbocycles. The lowest BCUT2D eigenvalue weighted by Crippen LogP contribution is -2.47. The van der Waals surface area contributed by atoms with Crippen molar-refractivity contribution in [1.82, 2.24) is 15.1 Å². The summed E-state index contributed by atoms with van der Waals surface area (Å²) in [5, 5.41) is 2.95. The molecule has 2 amide bonds. The smallest absolute Gasteiger partial charge is 0.253 e. The Labute approximate surface area is 182 Å². The number of rotatable bonds is 8. The van der Waals surface area contributed by atoms with Crippen LogP contribution in [0.15, 0.2) is 53.4 Å². The van der Waals surface area contributed by atoms with Gasteiger partial charge in [0.1, 0.15) is 5.75 Å². The molecule has 0 saturated carbocycles. The number of nitrogens with one attached hydrogen (secondary N) is 1. The normalized spacial score (nSPS) is 14.4. The average Bonchev–Trinajstić information content (AvgIpc) is 2.78. The molecule has 0 aliphatic carbocycles. The highest BCUT2D eigenvalue weighted by Crippen LogP contribution is 2.21. The fourth-order valence-electron chi connectivity index (χ4n) is 3.18. The number of hydrogen-bond donors (Lipinski definition) is 1. The van der Waals surface area contributed by atoms with E-state index in [9.17, 15) is 9.59 Å². The molecule has 160 valence electrons. The van der Waals surface area contributed by atoms with Gasteiger partial charge in [-0.25, -0.2) is 0 Å². The van der Waals surface area contributed by atoms with Gasteiger partial charge in [0.05, 0.1) is 7.11 Å². The number of ether oxygens (including phenoxy) is 1. The highest BCUT2D eigenvalue weighted by atomic mass is 32.2. The van der Waals surface area contributed by atoms with Crippen molar-refractivity contribution >= 4 is 23.6 Å². The molecule has 1 fully saturated rings. The van der Waals surface area contributed by atoms with E-state index in [4.69, 9.17) is 4.74 Å². The van der Waals surface area contributed by atoms with Crippen LogP contribution < -0.4 is 10.1 Å². The first-order valence-corrected chi connectivity index (χ1v) is 11.1. The molecule has 0 spiro atoms. The first-order valence-electron chi connectivity index (χ1n) is 10.2. The van der Waals surface area contributed by atoms with Crippen molar-refractivity contribution in [3.05, 3.63) is 59.7 Å². The van der Waals surface area contributed by atoms with E-state index >= 15 is 0 Å². The number of thioether (sulfide) groups is 1. The molecule has 1 aliphatic rings. The molecule has 2 aromatic rings. The van der Waals surface area contributed by atoms with E-state index in [2.05, 4.69) is 17.3 Å². The molecule has 0 atom stereocenters. The Hall–Kier alpha value is -2.51. The summed E-state index contributed by atoms with van der Waals surface area (Å²) in [5.74, 6) is 1.65. The highest BCUT2D eigenvalue weighted by molar-refractivity contribution is 7.99. The van der Waals surface area contributed by atoms with E-state index in [0.29, 0.717) is 18.5 Å². The number of nitrogens with zero attached hydrogens (tertiary/aromatic N) is 2. The molecular formula is C23H29N3O3S. The van der Waals surface area contributed by atoms with Crippen LogP contribution in [0.1, 0.15) is 22.3 Å². The van der Waals surface area contributed by atoms with Crippen LogP contribution in [0.25, 0.3) is 0 Å². The van der Waals surface area contributed by atoms with E-state index in [-0.39, 0.29) is 11.8 Å². The van der Waals surface area contributed by atoms with Gasteiger partial charge in [0, 0.05) is 55.4 Å². The first-order chi connectivity index (χ1) is 14.5. The van der Waals surface area contributed by atoms with Crippen LogP contribution in [0.5, 0.6) is 5.75 Å². The van der Waals surface area contributed by atoms with E-state index in [0.717, 1.165) is 48.1 Å². The topological polar surface area (TPSA) is 61.9 Å². The quantitative estimate of drug-likeness (QED) is 0.657. The zero-order valence-electron chi connectivity index (χ0n) is 17.6. The maximum atomic E-state index is 12.6. The van der Waals surface area contributed by atoms with Gasteiger partial charge >= 0.3 is 0 Å². The van der Waals surface area contributed by atoms with Crippen molar-refractivity contribution in [3.8, 4) is 5.75 Å². The predicted molar refractivity (Wildman–Crippen MR) is 120 cm³/mol. The zero-order valence-corrected chi connectivity index (χ0v) is 18.4. The lowest BCUT2D eigenvalue weighted by Gasteiger charge is -2.32. The molecule has 1 saturated heterocycles. The second-order valence-electron chi connectivity index (χ2n) is 7.34. The summed E-state index contributed by atoms with van der Waals surface area (Å²) < 4.78 is 5.14. The summed E-state index contributed by atoms with van der Waals surface area (Å²) >= 11 is 1.65. The van der Waals surface area contributed by atoms with Gasteiger partial charge in [0.2, 0.25) is 5.91 Å². The summed E-state index contributed by atoms with van der Waals surface area (Å²) in [6, 6.07) is 15.3. The second kappa shape index (κ2) is 11.0. The molecule has 0 unspecified atom stereocenters. The van der Waals surface area contributed by atoms with Gasteiger partial charge in [-0.2, -0.15) is 0 Å². The number of carbonyl (C=O) groups excluding carboxylic acids is 2. The Morgan fingerprint density at radius 2 is 1.67 bits per heavy atom. The Morgan fingerprint density at radius 1 is 1.00 bits per heavy atom. The highest BCUT2D eigenvalue weighted by Gasteiger charge is 2.20. The van der Waals surface area contributed by atoms with Gasteiger partial charge in [-0.05, 0) is 49.0 Å². The lowest BCUT2D eigenvalue weighted by molar-refractivity contribution is -0.120. The molecule has 6 nitrogen and oxygen atoms in total. The number of benzene rings is 2. The number of piperazine rings is 1. The number of methoxy groups -OCH3 is 1. The zero-order chi connectivity index (χ0) is 21.3. The van der Waals surface area contributed by atoms with Crippen LogP contribution in [0, 0.1) is 0 Å². The van der Waals surface area contributed by atoms with E-state index < -0.39 is 0 Å². The van der Waals surface area contributed by atoms with Crippen LogP contribution in [-0.2, 0) is 11.3 Å². The van der Waals surface area contributed by atoms with E-state index in [1.165, 1.54) is 0 Å². The third-order valence-electron chi connectivity index (χ3n) is 5.14. The van der Waals surface area contributed by atoms with Crippen LogP contribution in [0.3, 0.4) is 0 Å². The van der Waals surface area contributed by atoms with Crippen molar-refractivity contribution in [2.45, 2.75) is 17.9 Å². The van der Waals surface area contributed by atoms with E-state index in [1.54, 1.807) is 18.9 Å². The molecule has 7 heteroatoms. The molecule has 0 aromatic heterocycles. The van der Waals surface area contributed by atoms with Crippen molar-refractivity contribution < 1.29 is 14.3 Å². The fraction of sp³-hybridized carbons (Fsp3) is 0.391. The maximum absolute atomic E-state index is 12.6. The summed E-state index contributed by atoms with van der Waals surface area (Å²) in [5.41, 5.74) is 1.69. The summed E-state index contributed by atoms with van der Waals surface area (Å²) in [7, 11) is 3.72. The lowest BCUT2D eigenvalue weighted by atomic mass is 10.1. The Kier molecular flexibility index (Phi) is 8.16. The Balaban J connectivity index is 1.38. The van der Waals surface area contributed by atoms with Crippen molar-refractivity contribution in [1.29, 1.82) is 0 Å². The number of amides is 2. The number of likely N-dealkylation sites (N-methyl/N-ethyl adjacent to an activating group) is 1.